The number of hydrogen-bond acceptors (Lipinski definition) is 4. The van der Waals surface area contributed by atoms with E-state index in [1.54, 1.807) is 11.0 Å². The molecule has 1 aliphatic rings. The molecule has 2 N–H and O–H groups in total. The summed E-state index contributed by atoms with van der Waals surface area (Å²) in [6.07, 6.45) is 1.20. The van der Waals surface area contributed by atoms with Crippen LogP contribution in [0.15, 0.2) is 24.3 Å². The van der Waals surface area contributed by atoms with Gasteiger partial charge in [-0.15, -0.1) is 12.4 Å². The van der Waals surface area contributed by atoms with Crippen LogP contribution >= 0.6 is 12.4 Å². The van der Waals surface area contributed by atoms with E-state index in [2.05, 4.69) is 10.1 Å². The highest BCUT2D eigenvalue weighted by molar-refractivity contribution is 5.94. The van der Waals surface area contributed by atoms with E-state index in [1.165, 1.54) is 18.2 Å². The molecule has 1 fully saturated rings. The van der Waals surface area contributed by atoms with E-state index >= 15 is 0 Å². The number of aliphatic carboxylic acids is 1. The molecule has 1 amide bonds. The maximum atomic E-state index is 12.3. The van der Waals surface area contributed by atoms with Gasteiger partial charge in [-0.3, -0.25) is 14.5 Å². The van der Waals surface area contributed by atoms with Crippen LogP contribution in [0, 0.1) is 0 Å². The minimum atomic E-state index is -2.99. The molecule has 1 aromatic carbocycles. The molecule has 0 bridgehead atoms. The minimum absolute atomic E-state index is 0. The molecule has 1 saturated heterocycles. The molecule has 0 spiro atoms. The average Bonchev–Trinajstić information content (AvgIpc) is 2.88. The predicted octanol–water partition coefficient (Wildman–Crippen LogP) is 2.20. The molecule has 0 aromatic heterocycles. The number of rotatable bonds is 6. The smallest absolute Gasteiger partial charge is 0.387 e. The molecule has 0 unspecified atom stereocenters. The number of carboxylic acids is 1. The number of benzene rings is 1. The molecule has 1 aliphatic heterocycles. The lowest BCUT2D eigenvalue weighted by Crippen LogP contribution is -2.40. The van der Waals surface area contributed by atoms with Gasteiger partial charge in [0.15, 0.2) is 0 Å². The number of hydrogen-bond donors (Lipinski definition) is 2. The van der Waals surface area contributed by atoms with Crippen molar-refractivity contribution in [2.45, 2.75) is 25.5 Å². The third-order valence-electron chi connectivity index (χ3n) is 3.37. The van der Waals surface area contributed by atoms with Crippen molar-refractivity contribution in [1.29, 1.82) is 0 Å². The molecule has 0 radical (unpaired) electrons. The monoisotopic (exact) mass is 350 g/mol. The molecule has 0 saturated carbocycles. The Balaban J connectivity index is 0.00000264. The topological polar surface area (TPSA) is 78.9 Å². The summed E-state index contributed by atoms with van der Waals surface area (Å²) in [5.74, 6) is -1.58. The van der Waals surface area contributed by atoms with Gasteiger partial charge in [-0.2, -0.15) is 8.78 Å². The number of ether oxygens (including phenoxy) is 1. The molecule has 0 aliphatic carbocycles. The predicted molar refractivity (Wildman–Crippen MR) is 81.2 cm³/mol. The van der Waals surface area contributed by atoms with Crippen molar-refractivity contribution in [3.05, 3.63) is 24.3 Å². The first kappa shape index (κ1) is 19.1. The molecular formula is C14H17ClF2N2O4. The fraction of sp³-hybridized carbons (Fsp3) is 0.429. The first-order valence-corrected chi connectivity index (χ1v) is 6.78. The molecule has 6 nitrogen and oxygen atoms in total. The molecule has 1 atom stereocenters. The van der Waals surface area contributed by atoms with Gasteiger partial charge in [-0.1, -0.05) is 12.1 Å². The Kier molecular flexibility index (Phi) is 7.18. The van der Waals surface area contributed by atoms with Crippen molar-refractivity contribution in [1.82, 2.24) is 4.90 Å². The average molecular weight is 351 g/mol. The lowest BCUT2D eigenvalue weighted by molar-refractivity contribution is -0.142. The maximum Gasteiger partial charge on any atom is 0.387 e. The fourth-order valence-electron chi connectivity index (χ4n) is 2.44. The zero-order chi connectivity index (χ0) is 16.1. The minimum Gasteiger partial charge on any atom is -0.480 e. The summed E-state index contributed by atoms with van der Waals surface area (Å²) < 4.78 is 28.9. The lowest BCUT2D eigenvalue weighted by Gasteiger charge is -2.20. The van der Waals surface area contributed by atoms with Crippen LogP contribution in [0.4, 0.5) is 14.5 Å². The van der Waals surface area contributed by atoms with Crippen LogP contribution in [0.2, 0.25) is 0 Å². The van der Waals surface area contributed by atoms with E-state index < -0.39 is 24.5 Å². The molecule has 1 aromatic rings. The van der Waals surface area contributed by atoms with Crippen molar-refractivity contribution >= 4 is 30.0 Å². The number of anilines is 1. The SMILES string of the molecule is Cl.O=C(CN1CCC[C@H]1C(=O)O)Nc1ccccc1OC(F)F. The van der Waals surface area contributed by atoms with E-state index in [4.69, 9.17) is 5.11 Å². The zero-order valence-electron chi connectivity index (χ0n) is 12.1. The van der Waals surface area contributed by atoms with Crippen molar-refractivity contribution < 1.29 is 28.2 Å². The Morgan fingerprint density at radius 3 is 2.74 bits per heavy atom. The van der Waals surface area contributed by atoms with Gasteiger partial charge in [0.1, 0.15) is 11.8 Å². The Labute approximate surface area is 137 Å². The number of carbonyl (C=O) groups excluding carboxylic acids is 1. The molecule has 2 rings (SSSR count). The number of halogens is 3. The van der Waals surface area contributed by atoms with E-state index in [1.807, 2.05) is 0 Å². The standard InChI is InChI=1S/C14H16F2N2O4.ClH/c15-14(16)22-11-6-2-1-4-9(11)17-12(19)8-18-7-3-5-10(18)13(20)21;/h1-2,4,6,10,14H,3,5,7-8H2,(H,17,19)(H,20,21);1H/t10-;/m0./s1. The second-order valence-corrected chi connectivity index (χ2v) is 4.89. The van der Waals surface area contributed by atoms with Gasteiger partial charge < -0.3 is 15.2 Å². The summed E-state index contributed by atoms with van der Waals surface area (Å²) >= 11 is 0. The summed E-state index contributed by atoms with van der Waals surface area (Å²) in [7, 11) is 0. The molecule has 9 heteroatoms. The molecular weight excluding hydrogens is 334 g/mol. The summed E-state index contributed by atoms with van der Waals surface area (Å²) in [6.45, 7) is -2.59. The van der Waals surface area contributed by atoms with Crippen molar-refractivity contribution in [3.63, 3.8) is 0 Å². The Hall–Kier alpha value is -1.93. The number of carboxylic acid groups (broad SMARTS) is 1. The van der Waals surface area contributed by atoms with Gasteiger partial charge in [0.2, 0.25) is 5.91 Å². The normalized spacial score (nSPS) is 17.6. The highest BCUT2D eigenvalue weighted by atomic mass is 35.5. The number of carbonyl (C=O) groups is 2. The summed E-state index contributed by atoms with van der Waals surface area (Å²) in [5, 5.41) is 11.5. The summed E-state index contributed by atoms with van der Waals surface area (Å²) in [6, 6.07) is 5.16. The Morgan fingerprint density at radius 2 is 2.09 bits per heavy atom. The largest absolute Gasteiger partial charge is 0.480 e. The first-order valence-electron chi connectivity index (χ1n) is 6.78. The molecule has 23 heavy (non-hydrogen) atoms. The lowest BCUT2D eigenvalue weighted by atomic mass is 10.2. The summed E-state index contributed by atoms with van der Waals surface area (Å²) in [4.78, 5) is 24.6. The number of alkyl halides is 2. The number of likely N-dealkylation sites (tertiary alicyclic amines) is 1. The van der Waals surface area contributed by atoms with Crippen LogP contribution in [0.5, 0.6) is 5.75 Å². The van der Waals surface area contributed by atoms with Gasteiger partial charge in [-0.05, 0) is 31.5 Å². The van der Waals surface area contributed by atoms with Gasteiger partial charge in [-0.25, -0.2) is 0 Å². The van der Waals surface area contributed by atoms with Crippen LogP contribution in [-0.2, 0) is 9.59 Å². The van der Waals surface area contributed by atoms with Gasteiger partial charge >= 0.3 is 12.6 Å². The van der Waals surface area contributed by atoms with Crippen molar-refractivity contribution in [2.24, 2.45) is 0 Å². The highest BCUT2D eigenvalue weighted by Crippen LogP contribution is 2.25. The number of nitrogens with one attached hydrogen (secondary N) is 1. The van der Waals surface area contributed by atoms with E-state index in [0.29, 0.717) is 19.4 Å². The highest BCUT2D eigenvalue weighted by Gasteiger charge is 2.31. The van der Waals surface area contributed by atoms with Crippen molar-refractivity contribution in [2.75, 3.05) is 18.4 Å². The van der Waals surface area contributed by atoms with Crippen LogP contribution in [0.25, 0.3) is 0 Å². The quantitative estimate of drug-likeness (QED) is 0.822. The second-order valence-electron chi connectivity index (χ2n) is 4.89. The molecule has 128 valence electrons. The Bertz CT molecular complexity index is 559. The summed E-state index contributed by atoms with van der Waals surface area (Å²) in [5.41, 5.74) is 0.124. The van der Waals surface area contributed by atoms with Gasteiger partial charge in [0.05, 0.1) is 12.2 Å². The van der Waals surface area contributed by atoms with Crippen LogP contribution in [-0.4, -0.2) is 47.6 Å². The third-order valence-corrected chi connectivity index (χ3v) is 3.37. The zero-order valence-corrected chi connectivity index (χ0v) is 12.9. The van der Waals surface area contributed by atoms with Gasteiger partial charge in [0.25, 0.3) is 0 Å². The first-order chi connectivity index (χ1) is 10.5. The van der Waals surface area contributed by atoms with Crippen LogP contribution in [0.1, 0.15) is 12.8 Å². The van der Waals surface area contributed by atoms with E-state index in [-0.39, 0.29) is 30.4 Å². The number of amides is 1. The number of nitrogens with zero attached hydrogens (tertiary/aromatic N) is 1. The second kappa shape index (κ2) is 8.64. The van der Waals surface area contributed by atoms with E-state index in [0.717, 1.165) is 0 Å². The maximum absolute atomic E-state index is 12.3. The molecule has 1 heterocycles. The third kappa shape index (κ3) is 5.33. The van der Waals surface area contributed by atoms with Crippen LogP contribution in [0.3, 0.4) is 0 Å². The van der Waals surface area contributed by atoms with Crippen LogP contribution < -0.4 is 10.1 Å². The number of para-hydroxylation sites is 2. The fourth-order valence-corrected chi connectivity index (χ4v) is 2.44. The van der Waals surface area contributed by atoms with E-state index in [9.17, 15) is 18.4 Å². The van der Waals surface area contributed by atoms with Crippen molar-refractivity contribution in [3.8, 4) is 5.75 Å². The Morgan fingerprint density at radius 1 is 1.39 bits per heavy atom. The van der Waals surface area contributed by atoms with Gasteiger partial charge in [0, 0.05) is 0 Å².